The predicted octanol–water partition coefficient (Wildman–Crippen LogP) is 2.14. The van der Waals surface area contributed by atoms with Gasteiger partial charge in [-0.15, -0.1) is 10.2 Å². The average molecular weight is 601 g/mol. The molecule has 0 aliphatic carbocycles. The maximum Gasteiger partial charge on any atom is 0.488 e. The number of nitrogens with zero attached hydrogens (tertiary/aromatic N) is 4. The Morgan fingerprint density at radius 3 is 2.53 bits per heavy atom. The van der Waals surface area contributed by atoms with Crippen LogP contribution in [0.5, 0.6) is 5.75 Å². The van der Waals surface area contributed by atoms with E-state index in [4.69, 9.17) is 21.3 Å². The highest BCUT2D eigenvalue weighted by molar-refractivity contribution is 6.58. The van der Waals surface area contributed by atoms with Gasteiger partial charge in [-0.1, -0.05) is 35.9 Å². The summed E-state index contributed by atoms with van der Waals surface area (Å²) in [7, 11) is -0.0521. The lowest BCUT2D eigenvalue weighted by atomic mass is 9.79. The van der Waals surface area contributed by atoms with Gasteiger partial charge >= 0.3 is 7.12 Å². The molecule has 4 aromatic rings. The minimum Gasteiger partial charge on any atom is -0.497 e. The minimum atomic E-state index is -1.65. The molecule has 0 unspecified atom stereocenters. The highest BCUT2D eigenvalue weighted by Crippen LogP contribution is 2.34. The van der Waals surface area contributed by atoms with Crippen LogP contribution in [0.3, 0.4) is 0 Å². The zero-order valence-electron chi connectivity index (χ0n) is 23.6. The van der Waals surface area contributed by atoms with Crippen molar-refractivity contribution in [2.24, 2.45) is 4.99 Å². The molecule has 0 bridgehead atoms. The van der Waals surface area contributed by atoms with Crippen molar-refractivity contribution in [3.8, 4) is 11.4 Å². The lowest BCUT2D eigenvalue weighted by Crippen LogP contribution is -2.33. The topological polar surface area (TPSA) is 151 Å². The van der Waals surface area contributed by atoms with Crippen LogP contribution in [0.15, 0.2) is 71.7 Å². The van der Waals surface area contributed by atoms with Crippen LogP contribution in [0.1, 0.15) is 52.0 Å². The highest BCUT2D eigenvalue weighted by atomic mass is 35.5. The number of fused-ring (bicyclic) bond motifs is 3. The Labute approximate surface area is 253 Å². The van der Waals surface area contributed by atoms with Crippen molar-refractivity contribution in [3.63, 3.8) is 0 Å². The summed E-state index contributed by atoms with van der Waals surface area (Å²) in [5, 5.41) is 33.6. The third kappa shape index (κ3) is 6.77. The number of ether oxygens (including phenoxy) is 1. The van der Waals surface area contributed by atoms with Crippen molar-refractivity contribution >= 4 is 41.7 Å². The van der Waals surface area contributed by atoms with Gasteiger partial charge < -0.3 is 25.4 Å². The van der Waals surface area contributed by atoms with E-state index in [1.165, 1.54) is 12.1 Å². The van der Waals surface area contributed by atoms with Gasteiger partial charge in [0.2, 0.25) is 5.91 Å². The summed E-state index contributed by atoms with van der Waals surface area (Å²) >= 11 is 6.16. The fourth-order valence-electron chi connectivity index (χ4n) is 4.89. The quantitative estimate of drug-likeness (QED) is 0.161. The van der Waals surface area contributed by atoms with E-state index in [2.05, 4.69) is 20.8 Å². The minimum absolute atomic E-state index is 0.0307. The number of rotatable bonds is 10. The first-order chi connectivity index (χ1) is 20.7. The largest absolute Gasteiger partial charge is 0.497 e. The molecule has 1 atom stereocenters. The van der Waals surface area contributed by atoms with E-state index in [0.717, 1.165) is 16.8 Å². The number of aliphatic imine (C=N–C) groups is 1. The number of halogens is 1. The Morgan fingerprint density at radius 2 is 1.79 bits per heavy atom. The number of amides is 2. The molecule has 0 fully saturated rings. The fourth-order valence-corrected chi connectivity index (χ4v) is 5.01. The summed E-state index contributed by atoms with van der Waals surface area (Å²) in [6, 6.07) is 18.5. The van der Waals surface area contributed by atoms with Gasteiger partial charge in [-0.2, -0.15) is 0 Å². The number of nitrogens with one attached hydrogen (secondary N) is 2. The van der Waals surface area contributed by atoms with Crippen LogP contribution in [-0.2, 0) is 4.79 Å². The third-order valence-corrected chi connectivity index (χ3v) is 7.29. The van der Waals surface area contributed by atoms with Gasteiger partial charge in [0, 0.05) is 34.8 Å². The van der Waals surface area contributed by atoms with Crippen LogP contribution in [-0.4, -0.2) is 69.7 Å². The maximum atomic E-state index is 13.1. The molecule has 4 N–H and O–H groups in total. The Kier molecular flexibility index (Phi) is 9.20. The van der Waals surface area contributed by atoms with E-state index in [-0.39, 0.29) is 23.7 Å². The standard InChI is InChI=1S/C30H30BClN6O5/c1-18-36-37-29-25(17-27(39)33-13-4-14-34-30(40)20-5-3-6-21(15-20)31(41)42)35-28(19-7-9-22(32)10-8-19)24-16-23(43-2)11-12-26(24)38(18)29/h3,5-12,15-16,25,41-42H,4,13-14,17H2,1-2H3,(H,33,39)(H,34,40)/t25-/m0/s1. The summed E-state index contributed by atoms with van der Waals surface area (Å²) in [6.07, 6.45) is 0.521. The number of methoxy groups -OCH3 is 1. The molecule has 220 valence electrons. The van der Waals surface area contributed by atoms with Gasteiger partial charge in [0.05, 0.1) is 24.9 Å². The zero-order chi connectivity index (χ0) is 30.5. The molecule has 1 aliphatic heterocycles. The Balaban J connectivity index is 1.29. The first kappa shape index (κ1) is 30.0. The summed E-state index contributed by atoms with van der Waals surface area (Å²) in [5.74, 6) is 1.30. The lowest BCUT2D eigenvalue weighted by Gasteiger charge is -2.14. The normalized spacial score (nSPS) is 13.7. The Bertz CT molecular complexity index is 1670. The van der Waals surface area contributed by atoms with E-state index in [1.54, 1.807) is 31.4 Å². The second-order valence-corrected chi connectivity index (χ2v) is 10.4. The summed E-state index contributed by atoms with van der Waals surface area (Å²) in [5.41, 5.74) is 3.68. The number of benzene rings is 3. The second kappa shape index (κ2) is 13.2. The van der Waals surface area contributed by atoms with Crippen molar-refractivity contribution in [2.75, 3.05) is 20.2 Å². The Hall–Kier alpha value is -4.52. The van der Waals surface area contributed by atoms with Crippen molar-refractivity contribution in [1.82, 2.24) is 25.4 Å². The SMILES string of the molecule is COc1ccc2c(c1)C(c1ccc(Cl)cc1)=N[C@@H](CC(=O)NCCCNC(=O)c1cccc(B(O)O)c1)c1nnc(C)n1-2. The van der Waals surface area contributed by atoms with E-state index < -0.39 is 13.2 Å². The van der Waals surface area contributed by atoms with Crippen LogP contribution in [0.25, 0.3) is 5.69 Å². The van der Waals surface area contributed by atoms with Crippen molar-refractivity contribution in [3.05, 3.63) is 100 Å². The zero-order valence-corrected chi connectivity index (χ0v) is 24.4. The van der Waals surface area contributed by atoms with E-state index in [9.17, 15) is 19.6 Å². The van der Waals surface area contributed by atoms with Crippen molar-refractivity contribution in [2.45, 2.75) is 25.8 Å². The molecule has 2 heterocycles. The molecule has 1 aliphatic rings. The van der Waals surface area contributed by atoms with Gasteiger partial charge in [0.1, 0.15) is 17.6 Å². The molecule has 0 saturated heterocycles. The number of aryl methyl sites for hydroxylation is 1. The third-order valence-electron chi connectivity index (χ3n) is 7.04. The monoisotopic (exact) mass is 600 g/mol. The average Bonchev–Trinajstić information content (AvgIpc) is 3.33. The van der Waals surface area contributed by atoms with Crippen LogP contribution in [0.4, 0.5) is 0 Å². The molecule has 5 rings (SSSR count). The molecular formula is C30H30BClN6O5. The maximum absolute atomic E-state index is 13.1. The van der Waals surface area contributed by atoms with Crippen molar-refractivity contribution in [1.29, 1.82) is 0 Å². The molecule has 2 amide bonds. The summed E-state index contributed by atoms with van der Waals surface area (Å²) in [6.45, 7) is 2.50. The van der Waals surface area contributed by atoms with E-state index >= 15 is 0 Å². The van der Waals surface area contributed by atoms with Gasteiger partial charge in [0.25, 0.3) is 5.91 Å². The van der Waals surface area contributed by atoms with Crippen LogP contribution in [0.2, 0.25) is 5.02 Å². The molecule has 13 heteroatoms. The smallest absolute Gasteiger partial charge is 0.488 e. The van der Waals surface area contributed by atoms with Gasteiger partial charge in [-0.25, -0.2) is 0 Å². The predicted molar refractivity (Wildman–Crippen MR) is 163 cm³/mol. The summed E-state index contributed by atoms with van der Waals surface area (Å²) < 4.78 is 7.42. The van der Waals surface area contributed by atoms with E-state index in [0.29, 0.717) is 53.2 Å². The molecule has 1 aromatic heterocycles. The molecule has 0 saturated carbocycles. The van der Waals surface area contributed by atoms with Gasteiger partial charge in [-0.3, -0.25) is 19.1 Å². The summed E-state index contributed by atoms with van der Waals surface area (Å²) in [4.78, 5) is 30.6. The molecule has 11 nitrogen and oxygen atoms in total. The molecule has 43 heavy (non-hydrogen) atoms. The number of hydrogen-bond donors (Lipinski definition) is 4. The number of carbonyl (C=O) groups is 2. The first-order valence-electron chi connectivity index (χ1n) is 13.7. The number of carbonyl (C=O) groups excluding carboxylic acids is 2. The number of hydrogen-bond acceptors (Lipinski definition) is 8. The number of aromatic nitrogens is 3. The second-order valence-electron chi connectivity index (χ2n) is 9.99. The lowest BCUT2D eigenvalue weighted by molar-refractivity contribution is -0.121. The fraction of sp³-hybridized carbons (Fsp3) is 0.233. The van der Waals surface area contributed by atoms with Crippen LogP contribution >= 0.6 is 11.6 Å². The molecule has 3 aromatic carbocycles. The highest BCUT2D eigenvalue weighted by Gasteiger charge is 2.30. The van der Waals surface area contributed by atoms with Gasteiger partial charge in [-0.05, 0) is 61.3 Å². The molecule has 0 spiro atoms. The van der Waals surface area contributed by atoms with Crippen molar-refractivity contribution < 1.29 is 24.4 Å². The van der Waals surface area contributed by atoms with Crippen LogP contribution < -0.4 is 20.8 Å². The van der Waals surface area contributed by atoms with Crippen LogP contribution in [0, 0.1) is 6.92 Å². The van der Waals surface area contributed by atoms with Gasteiger partial charge in [0.15, 0.2) is 5.82 Å². The van der Waals surface area contributed by atoms with E-state index in [1.807, 2.05) is 41.8 Å². The first-order valence-corrected chi connectivity index (χ1v) is 14.1. The Morgan fingerprint density at radius 1 is 1.02 bits per heavy atom. The molecular weight excluding hydrogens is 571 g/mol. The molecule has 0 radical (unpaired) electrons.